The number of carboxylic acid groups (broad SMARTS) is 1. The molecular formula is C14H24N2O3. The number of carboxylic acids is 1. The predicted octanol–water partition coefficient (Wildman–Crippen LogP) is 2.17. The van der Waals surface area contributed by atoms with Gasteiger partial charge < -0.3 is 14.9 Å². The Morgan fingerprint density at radius 2 is 2.00 bits per heavy atom. The molecule has 0 aromatic rings. The number of hydrogen-bond donors (Lipinski definition) is 1. The summed E-state index contributed by atoms with van der Waals surface area (Å²) in [5.74, 6) is -1.17. The van der Waals surface area contributed by atoms with Crippen LogP contribution in [0.15, 0.2) is 0 Å². The Kier molecular flexibility index (Phi) is 4.32. The van der Waals surface area contributed by atoms with E-state index in [0.717, 1.165) is 25.7 Å². The number of nitrogens with zero attached hydrogens (tertiary/aromatic N) is 2. The molecule has 1 N–H and O–H groups in total. The van der Waals surface area contributed by atoms with Crippen molar-refractivity contribution in [3.63, 3.8) is 0 Å². The highest BCUT2D eigenvalue weighted by molar-refractivity contribution is 5.77. The van der Waals surface area contributed by atoms with Crippen LogP contribution < -0.4 is 0 Å². The van der Waals surface area contributed by atoms with Crippen molar-refractivity contribution < 1.29 is 14.7 Å². The zero-order valence-electron chi connectivity index (χ0n) is 11.8. The molecule has 5 nitrogen and oxygen atoms in total. The highest BCUT2D eigenvalue weighted by Crippen LogP contribution is 2.28. The molecule has 2 amide bonds. The maximum absolute atomic E-state index is 12.6. The van der Waals surface area contributed by atoms with E-state index >= 15 is 0 Å². The summed E-state index contributed by atoms with van der Waals surface area (Å²) in [6, 6.07) is 0.651. The Morgan fingerprint density at radius 3 is 2.63 bits per heavy atom. The van der Waals surface area contributed by atoms with Gasteiger partial charge in [-0.05, 0) is 39.0 Å². The van der Waals surface area contributed by atoms with Gasteiger partial charge in [0.05, 0.1) is 5.92 Å². The van der Waals surface area contributed by atoms with Crippen molar-refractivity contribution in [2.75, 3.05) is 13.1 Å². The molecule has 0 bridgehead atoms. The number of piperidine rings is 1. The smallest absolute Gasteiger partial charge is 0.320 e. The van der Waals surface area contributed by atoms with Gasteiger partial charge in [-0.3, -0.25) is 4.79 Å². The number of carbonyl (C=O) groups excluding carboxylic acids is 1. The van der Waals surface area contributed by atoms with Gasteiger partial charge in [0.2, 0.25) is 0 Å². The molecule has 3 atom stereocenters. The largest absolute Gasteiger partial charge is 0.481 e. The molecule has 0 saturated carbocycles. The SMILES string of the molecule is CCC1CCC(C)N1C(=O)N1CCC[C@H](C(=O)O)C1. The number of urea groups is 1. The molecule has 2 saturated heterocycles. The Hall–Kier alpha value is -1.26. The first-order chi connectivity index (χ1) is 9.04. The molecule has 0 aliphatic carbocycles. The molecule has 108 valence electrons. The molecule has 0 spiro atoms. The summed E-state index contributed by atoms with van der Waals surface area (Å²) >= 11 is 0. The fourth-order valence-electron chi connectivity index (χ4n) is 3.33. The van der Waals surface area contributed by atoms with Gasteiger partial charge in [0.1, 0.15) is 0 Å². The van der Waals surface area contributed by atoms with Crippen LogP contribution >= 0.6 is 0 Å². The molecule has 19 heavy (non-hydrogen) atoms. The summed E-state index contributed by atoms with van der Waals surface area (Å²) < 4.78 is 0. The number of aliphatic carboxylic acids is 1. The van der Waals surface area contributed by atoms with Crippen LogP contribution in [-0.4, -0.2) is 52.1 Å². The monoisotopic (exact) mass is 268 g/mol. The van der Waals surface area contributed by atoms with Crippen LogP contribution in [0.25, 0.3) is 0 Å². The summed E-state index contributed by atoms with van der Waals surface area (Å²) in [6.45, 7) is 5.27. The summed E-state index contributed by atoms with van der Waals surface area (Å²) in [6.07, 6.45) is 4.58. The Bertz CT molecular complexity index is 359. The fraction of sp³-hybridized carbons (Fsp3) is 0.857. The van der Waals surface area contributed by atoms with E-state index in [0.29, 0.717) is 25.6 Å². The highest BCUT2D eigenvalue weighted by atomic mass is 16.4. The van der Waals surface area contributed by atoms with Gasteiger partial charge in [-0.1, -0.05) is 6.92 Å². The van der Waals surface area contributed by atoms with Crippen molar-refractivity contribution in [2.24, 2.45) is 5.92 Å². The van der Waals surface area contributed by atoms with Crippen LogP contribution in [0.5, 0.6) is 0 Å². The van der Waals surface area contributed by atoms with Crippen LogP contribution in [0.1, 0.15) is 46.0 Å². The molecule has 0 aromatic heterocycles. The van der Waals surface area contributed by atoms with Crippen molar-refractivity contribution in [1.29, 1.82) is 0 Å². The lowest BCUT2D eigenvalue weighted by molar-refractivity contribution is -0.143. The lowest BCUT2D eigenvalue weighted by Crippen LogP contribution is -2.51. The van der Waals surface area contributed by atoms with Crippen LogP contribution in [0.2, 0.25) is 0 Å². The van der Waals surface area contributed by atoms with E-state index in [4.69, 9.17) is 5.11 Å². The molecule has 2 unspecified atom stereocenters. The van der Waals surface area contributed by atoms with E-state index in [-0.39, 0.29) is 12.1 Å². The minimum absolute atomic E-state index is 0.0443. The molecule has 2 aliphatic rings. The van der Waals surface area contributed by atoms with E-state index in [1.807, 2.05) is 4.90 Å². The second-order valence-electron chi connectivity index (χ2n) is 5.80. The second kappa shape index (κ2) is 5.80. The van der Waals surface area contributed by atoms with Crippen LogP contribution in [0.3, 0.4) is 0 Å². The fourth-order valence-corrected chi connectivity index (χ4v) is 3.33. The molecule has 2 heterocycles. The van der Waals surface area contributed by atoms with Crippen LogP contribution in [0.4, 0.5) is 4.79 Å². The normalized spacial score (nSPS) is 31.6. The average Bonchev–Trinajstić information content (AvgIpc) is 2.79. The number of amides is 2. The summed E-state index contributed by atoms with van der Waals surface area (Å²) in [4.78, 5) is 27.4. The first-order valence-corrected chi connectivity index (χ1v) is 7.34. The van der Waals surface area contributed by atoms with E-state index in [2.05, 4.69) is 13.8 Å². The lowest BCUT2D eigenvalue weighted by Gasteiger charge is -2.37. The minimum atomic E-state index is -0.779. The molecule has 5 heteroatoms. The van der Waals surface area contributed by atoms with Gasteiger partial charge in [-0.25, -0.2) is 4.79 Å². The van der Waals surface area contributed by atoms with E-state index in [9.17, 15) is 9.59 Å². The zero-order valence-corrected chi connectivity index (χ0v) is 11.8. The minimum Gasteiger partial charge on any atom is -0.481 e. The topological polar surface area (TPSA) is 60.9 Å². The van der Waals surface area contributed by atoms with E-state index in [1.165, 1.54) is 0 Å². The maximum atomic E-state index is 12.6. The van der Waals surface area contributed by atoms with Crippen LogP contribution in [0, 0.1) is 5.92 Å². The van der Waals surface area contributed by atoms with E-state index in [1.54, 1.807) is 4.90 Å². The number of carbonyl (C=O) groups is 2. The molecule has 2 fully saturated rings. The summed E-state index contributed by atoms with van der Waals surface area (Å²) in [7, 11) is 0. The highest BCUT2D eigenvalue weighted by Gasteiger charge is 2.37. The van der Waals surface area contributed by atoms with Gasteiger partial charge >= 0.3 is 12.0 Å². The number of likely N-dealkylation sites (tertiary alicyclic amines) is 2. The molecule has 2 aliphatic heterocycles. The Morgan fingerprint density at radius 1 is 1.26 bits per heavy atom. The van der Waals surface area contributed by atoms with E-state index < -0.39 is 11.9 Å². The quantitative estimate of drug-likeness (QED) is 0.835. The lowest BCUT2D eigenvalue weighted by atomic mass is 9.98. The standard InChI is InChI=1S/C14H24N2O3/c1-3-12-7-6-10(2)16(12)14(19)15-8-4-5-11(9-15)13(17)18/h10-12H,3-9H2,1-2H3,(H,17,18)/t10?,11-,12?/m0/s1. The van der Waals surface area contributed by atoms with Crippen molar-refractivity contribution >= 4 is 12.0 Å². The van der Waals surface area contributed by atoms with Crippen molar-refractivity contribution in [3.8, 4) is 0 Å². The average molecular weight is 268 g/mol. The first-order valence-electron chi connectivity index (χ1n) is 7.34. The van der Waals surface area contributed by atoms with Crippen LogP contribution in [-0.2, 0) is 4.79 Å². The van der Waals surface area contributed by atoms with Crippen molar-refractivity contribution in [2.45, 2.75) is 58.0 Å². The first kappa shape index (κ1) is 14.2. The summed E-state index contributed by atoms with van der Waals surface area (Å²) in [5.41, 5.74) is 0. The van der Waals surface area contributed by atoms with Crippen molar-refractivity contribution in [3.05, 3.63) is 0 Å². The number of rotatable bonds is 2. The maximum Gasteiger partial charge on any atom is 0.320 e. The van der Waals surface area contributed by atoms with Gasteiger partial charge in [-0.2, -0.15) is 0 Å². The molecule has 2 rings (SSSR count). The van der Waals surface area contributed by atoms with Gasteiger partial charge in [0, 0.05) is 25.2 Å². The summed E-state index contributed by atoms with van der Waals surface area (Å²) in [5, 5.41) is 9.10. The zero-order chi connectivity index (χ0) is 14.0. The third-order valence-corrected chi connectivity index (χ3v) is 4.52. The molecule has 0 radical (unpaired) electrons. The van der Waals surface area contributed by atoms with Gasteiger partial charge in [0.15, 0.2) is 0 Å². The Balaban J connectivity index is 2.04. The second-order valence-corrected chi connectivity index (χ2v) is 5.80. The molecule has 0 aromatic carbocycles. The van der Waals surface area contributed by atoms with Gasteiger partial charge in [0.25, 0.3) is 0 Å². The third-order valence-electron chi connectivity index (χ3n) is 4.52. The Labute approximate surface area is 114 Å². The van der Waals surface area contributed by atoms with Crippen molar-refractivity contribution in [1.82, 2.24) is 9.80 Å². The van der Waals surface area contributed by atoms with Gasteiger partial charge in [-0.15, -0.1) is 0 Å². The number of hydrogen-bond acceptors (Lipinski definition) is 2. The predicted molar refractivity (Wildman–Crippen MR) is 71.9 cm³/mol. The third kappa shape index (κ3) is 2.85. The molecular weight excluding hydrogens is 244 g/mol.